The number of carbonyl (C=O) groups is 1. The van der Waals surface area contributed by atoms with E-state index in [1.807, 2.05) is 0 Å². The summed E-state index contributed by atoms with van der Waals surface area (Å²) in [5.74, 6) is -1.10. The van der Waals surface area contributed by atoms with Gasteiger partial charge < -0.3 is 5.11 Å². The number of aromatic carboxylic acids is 1. The maximum atomic E-state index is 11.5. The van der Waals surface area contributed by atoms with Crippen LogP contribution >= 0.6 is 0 Å². The Hall–Kier alpha value is -2.44. The van der Waals surface area contributed by atoms with Crippen molar-refractivity contribution in [3.63, 3.8) is 0 Å². The van der Waals surface area contributed by atoms with E-state index in [0.29, 0.717) is 5.69 Å². The van der Waals surface area contributed by atoms with Crippen LogP contribution in [0.25, 0.3) is 0 Å². The molecule has 0 aliphatic heterocycles. The van der Waals surface area contributed by atoms with Crippen molar-refractivity contribution >= 4 is 5.97 Å². The standard InChI is InChI=1S/C10H10N4O3/c1-13-6-11-14(10(13)17)5-7-3-2-4-8(12-7)9(15)16/h2-4,6H,5H2,1H3,(H,15,16). The number of nitrogens with zero attached hydrogens (tertiary/aromatic N) is 4. The third-order valence-electron chi connectivity index (χ3n) is 2.22. The molecule has 0 radical (unpaired) electrons. The predicted molar refractivity (Wildman–Crippen MR) is 57.8 cm³/mol. The van der Waals surface area contributed by atoms with Gasteiger partial charge in [0.2, 0.25) is 0 Å². The Labute approximate surface area is 96.0 Å². The van der Waals surface area contributed by atoms with Gasteiger partial charge in [-0.3, -0.25) is 4.57 Å². The number of pyridine rings is 1. The molecule has 2 aromatic heterocycles. The molecule has 0 saturated heterocycles. The summed E-state index contributed by atoms with van der Waals surface area (Å²) in [5, 5.41) is 12.6. The van der Waals surface area contributed by atoms with Crippen LogP contribution in [-0.4, -0.2) is 30.4 Å². The van der Waals surface area contributed by atoms with Crippen LogP contribution in [0.4, 0.5) is 0 Å². The van der Waals surface area contributed by atoms with Crippen molar-refractivity contribution in [1.29, 1.82) is 0 Å². The van der Waals surface area contributed by atoms with E-state index in [-0.39, 0.29) is 17.9 Å². The highest BCUT2D eigenvalue weighted by Gasteiger charge is 2.07. The largest absolute Gasteiger partial charge is 0.477 e. The van der Waals surface area contributed by atoms with E-state index in [9.17, 15) is 9.59 Å². The molecule has 0 atom stereocenters. The van der Waals surface area contributed by atoms with E-state index < -0.39 is 5.97 Å². The fraction of sp³-hybridized carbons (Fsp3) is 0.200. The molecule has 2 heterocycles. The molecular weight excluding hydrogens is 224 g/mol. The zero-order chi connectivity index (χ0) is 12.4. The van der Waals surface area contributed by atoms with E-state index >= 15 is 0 Å². The fourth-order valence-corrected chi connectivity index (χ4v) is 1.37. The first kappa shape index (κ1) is 11.1. The Morgan fingerprint density at radius 2 is 2.24 bits per heavy atom. The van der Waals surface area contributed by atoms with Gasteiger partial charge in [0, 0.05) is 7.05 Å². The van der Waals surface area contributed by atoms with Gasteiger partial charge in [0.25, 0.3) is 0 Å². The molecule has 0 aliphatic carbocycles. The van der Waals surface area contributed by atoms with Crippen LogP contribution in [0, 0.1) is 0 Å². The van der Waals surface area contributed by atoms with Gasteiger partial charge in [-0.25, -0.2) is 19.3 Å². The van der Waals surface area contributed by atoms with Crippen molar-refractivity contribution in [2.24, 2.45) is 7.05 Å². The van der Waals surface area contributed by atoms with Crippen LogP contribution in [0.2, 0.25) is 0 Å². The Kier molecular flexibility index (Phi) is 2.73. The fourth-order valence-electron chi connectivity index (χ4n) is 1.37. The van der Waals surface area contributed by atoms with Crippen molar-refractivity contribution in [2.75, 3.05) is 0 Å². The van der Waals surface area contributed by atoms with Gasteiger partial charge in [-0.05, 0) is 12.1 Å². The lowest BCUT2D eigenvalue weighted by Gasteiger charge is -2.00. The molecule has 0 saturated carbocycles. The minimum absolute atomic E-state index is 0.0496. The normalized spacial score (nSPS) is 10.4. The summed E-state index contributed by atoms with van der Waals surface area (Å²) >= 11 is 0. The number of hydrogen-bond donors (Lipinski definition) is 1. The molecule has 88 valence electrons. The van der Waals surface area contributed by atoms with E-state index in [2.05, 4.69) is 10.1 Å². The molecule has 0 amide bonds. The number of carboxylic acids is 1. The first-order valence-electron chi connectivity index (χ1n) is 4.85. The first-order chi connectivity index (χ1) is 8.08. The van der Waals surface area contributed by atoms with Gasteiger partial charge in [-0.1, -0.05) is 6.07 Å². The summed E-state index contributed by atoms with van der Waals surface area (Å²) in [7, 11) is 1.59. The SMILES string of the molecule is Cn1cnn(Cc2cccc(C(=O)O)n2)c1=O. The number of aryl methyl sites for hydroxylation is 1. The minimum Gasteiger partial charge on any atom is -0.477 e. The molecule has 2 aromatic rings. The van der Waals surface area contributed by atoms with Crippen molar-refractivity contribution in [3.05, 3.63) is 46.4 Å². The van der Waals surface area contributed by atoms with E-state index in [1.54, 1.807) is 19.2 Å². The first-order valence-corrected chi connectivity index (χ1v) is 4.85. The highest BCUT2D eigenvalue weighted by Crippen LogP contribution is 2.00. The molecule has 2 rings (SSSR count). The molecule has 7 heteroatoms. The Bertz CT molecular complexity index is 614. The average Bonchev–Trinajstić information content (AvgIpc) is 2.61. The lowest BCUT2D eigenvalue weighted by molar-refractivity contribution is 0.0690. The Morgan fingerprint density at radius 3 is 2.82 bits per heavy atom. The third-order valence-corrected chi connectivity index (χ3v) is 2.22. The number of rotatable bonds is 3. The maximum absolute atomic E-state index is 11.5. The lowest BCUT2D eigenvalue weighted by atomic mass is 10.3. The zero-order valence-electron chi connectivity index (χ0n) is 9.07. The minimum atomic E-state index is -1.10. The van der Waals surface area contributed by atoms with Gasteiger partial charge in [-0.2, -0.15) is 5.10 Å². The van der Waals surface area contributed by atoms with Crippen LogP contribution < -0.4 is 5.69 Å². The molecule has 17 heavy (non-hydrogen) atoms. The summed E-state index contributed by atoms with van der Waals surface area (Å²) in [6.45, 7) is 0.154. The van der Waals surface area contributed by atoms with Gasteiger partial charge in [-0.15, -0.1) is 0 Å². The summed E-state index contributed by atoms with van der Waals surface area (Å²) in [6.07, 6.45) is 1.39. The summed E-state index contributed by atoms with van der Waals surface area (Å²) in [6, 6.07) is 4.63. The van der Waals surface area contributed by atoms with Gasteiger partial charge in [0.05, 0.1) is 12.2 Å². The van der Waals surface area contributed by atoms with E-state index in [4.69, 9.17) is 5.11 Å². The number of hydrogen-bond acceptors (Lipinski definition) is 4. The van der Waals surface area contributed by atoms with Crippen LogP contribution in [0.15, 0.2) is 29.3 Å². The average molecular weight is 234 g/mol. The molecule has 0 spiro atoms. The molecule has 1 N–H and O–H groups in total. The van der Waals surface area contributed by atoms with Crippen molar-refractivity contribution in [1.82, 2.24) is 19.3 Å². The third kappa shape index (κ3) is 2.22. The van der Waals surface area contributed by atoms with Crippen LogP contribution in [0.5, 0.6) is 0 Å². The molecular formula is C10H10N4O3. The Balaban J connectivity index is 2.30. The predicted octanol–water partition coefficient (Wildman–Crippen LogP) is -0.277. The Morgan fingerprint density at radius 1 is 1.47 bits per heavy atom. The molecule has 0 aromatic carbocycles. The summed E-state index contributed by atoms with van der Waals surface area (Å²) < 4.78 is 2.55. The second-order valence-electron chi connectivity index (χ2n) is 3.50. The van der Waals surface area contributed by atoms with Gasteiger partial charge in [0.1, 0.15) is 12.0 Å². The smallest absolute Gasteiger partial charge is 0.354 e. The highest BCUT2D eigenvalue weighted by molar-refractivity contribution is 5.85. The quantitative estimate of drug-likeness (QED) is 0.789. The highest BCUT2D eigenvalue weighted by atomic mass is 16.4. The van der Waals surface area contributed by atoms with E-state index in [0.717, 1.165) is 0 Å². The maximum Gasteiger partial charge on any atom is 0.354 e. The molecule has 0 unspecified atom stereocenters. The molecule has 0 bridgehead atoms. The summed E-state index contributed by atoms with van der Waals surface area (Å²) in [4.78, 5) is 26.1. The molecule has 7 nitrogen and oxygen atoms in total. The second-order valence-corrected chi connectivity index (χ2v) is 3.50. The number of aromatic nitrogens is 4. The molecule has 0 fully saturated rings. The van der Waals surface area contributed by atoms with E-state index in [1.165, 1.54) is 21.6 Å². The van der Waals surface area contributed by atoms with Crippen molar-refractivity contribution in [3.8, 4) is 0 Å². The second kappa shape index (κ2) is 4.20. The van der Waals surface area contributed by atoms with Gasteiger partial charge >= 0.3 is 11.7 Å². The van der Waals surface area contributed by atoms with Gasteiger partial charge in [0.15, 0.2) is 0 Å². The van der Waals surface area contributed by atoms with Crippen molar-refractivity contribution in [2.45, 2.75) is 6.54 Å². The van der Waals surface area contributed by atoms with Crippen LogP contribution in [0.3, 0.4) is 0 Å². The van der Waals surface area contributed by atoms with Crippen LogP contribution in [0.1, 0.15) is 16.2 Å². The molecule has 0 aliphatic rings. The van der Waals surface area contributed by atoms with Crippen molar-refractivity contribution < 1.29 is 9.90 Å². The lowest BCUT2D eigenvalue weighted by Crippen LogP contribution is -2.24. The number of carboxylic acid groups (broad SMARTS) is 1. The summed E-state index contributed by atoms with van der Waals surface area (Å²) in [5.41, 5.74) is 0.157. The zero-order valence-corrected chi connectivity index (χ0v) is 9.07. The topological polar surface area (TPSA) is 90.0 Å². The monoisotopic (exact) mass is 234 g/mol. The van der Waals surface area contributed by atoms with Crippen LogP contribution in [-0.2, 0) is 13.6 Å².